The van der Waals surface area contributed by atoms with Crippen molar-refractivity contribution >= 4 is 17.9 Å². The zero-order valence-electron chi connectivity index (χ0n) is 12.5. The molecular weight excluding hydrogens is 288 g/mol. The van der Waals surface area contributed by atoms with E-state index in [1.807, 2.05) is 0 Å². The summed E-state index contributed by atoms with van der Waals surface area (Å²) in [6.07, 6.45) is 0. The van der Waals surface area contributed by atoms with Gasteiger partial charge in [0.15, 0.2) is 5.72 Å². The first-order chi connectivity index (χ1) is 10.4. The molecule has 116 valence electrons. The van der Waals surface area contributed by atoms with Gasteiger partial charge in [-0.15, -0.1) is 0 Å². The first-order valence-electron chi connectivity index (χ1n) is 6.87. The summed E-state index contributed by atoms with van der Waals surface area (Å²) in [7, 11) is 1.27. The van der Waals surface area contributed by atoms with E-state index in [1.165, 1.54) is 14.0 Å². The standard InChI is InChI=1S/C15H16N2O5/c1-8(18)17-12-9-6-4-5-7-10(9)22-15(2,16-14(17)20)11(12)13(19)21-3/h4-7,11-12H,1-3H3,(H,16,20)/t11-,12+,15-/m1/s1. The Balaban J connectivity index is 2.23. The minimum absolute atomic E-state index is 0.449. The van der Waals surface area contributed by atoms with Gasteiger partial charge in [0.05, 0.1) is 13.2 Å². The van der Waals surface area contributed by atoms with Crippen molar-refractivity contribution in [2.24, 2.45) is 5.92 Å². The Bertz CT molecular complexity index is 674. The number of fused-ring (bicyclic) bond motifs is 4. The Morgan fingerprint density at radius 3 is 2.68 bits per heavy atom. The van der Waals surface area contributed by atoms with Gasteiger partial charge in [0, 0.05) is 12.5 Å². The number of methoxy groups -OCH3 is 1. The smallest absolute Gasteiger partial charge is 0.327 e. The van der Waals surface area contributed by atoms with Gasteiger partial charge in [0.25, 0.3) is 0 Å². The molecule has 3 amide bonds. The van der Waals surface area contributed by atoms with Gasteiger partial charge in [-0.05, 0) is 13.0 Å². The third-order valence-corrected chi connectivity index (χ3v) is 4.12. The van der Waals surface area contributed by atoms with Gasteiger partial charge in [-0.2, -0.15) is 0 Å². The molecule has 2 bridgehead atoms. The van der Waals surface area contributed by atoms with Crippen molar-refractivity contribution < 1.29 is 23.9 Å². The fraction of sp³-hybridized carbons (Fsp3) is 0.400. The molecule has 7 nitrogen and oxygen atoms in total. The molecule has 7 heteroatoms. The van der Waals surface area contributed by atoms with Gasteiger partial charge < -0.3 is 9.47 Å². The number of carbonyl (C=O) groups excluding carboxylic acids is 3. The van der Waals surface area contributed by atoms with Crippen LogP contribution in [0.3, 0.4) is 0 Å². The highest BCUT2D eigenvalue weighted by molar-refractivity contribution is 5.97. The molecule has 3 rings (SSSR count). The summed E-state index contributed by atoms with van der Waals surface area (Å²) in [6, 6.07) is 5.69. The van der Waals surface area contributed by atoms with Crippen LogP contribution in [0, 0.1) is 5.92 Å². The predicted molar refractivity (Wildman–Crippen MR) is 74.8 cm³/mol. The summed E-state index contributed by atoms with van der Waals surface area (Å²) in [5, 5.41) is 2.60. The van der Waals surface area contributed by atoms with E-state index in [9.17, 15) is 14.4 Å². The Kier molecular flexibility index (Phi) is 3.09. The maximum Gasteiger partial charge on any atom is 0.327 e. The van der Waals surface area contributed by atoms with E-state index in [-0.39, 0.29) is 0 Å². The number of benzene rings is 1. The molecule has 3 atom stereocenters. The maximum atomic E-state index is 12.3. The third-order valence-electron chi connectivity index (χ3n) is 4.12. The number of nitrogens with one attached hydrogen (secondary N) is 1. The Morgan fingerprint density at radius 2 is 2.05 bits per heavy atom. The molecule has 2 aliphatic heterocycles. The monoisotopic (exact) mass is 304 g/mol. The first kappa shape index (κ1) is 14.4. The molecule has 0 saturated carbocycles. The molecule has 1 saturated heterocycles. The van der Waals surface area contributed by atoms with Crippen LogP contribution in [0.5, 0.6) is 5.75 Å². The van der Waals surface area contributed by atoms with Crippen molar-refractivity contribution in [2.45, 2.75) is 25.6 Å². The van der Waals surface area contributed by atoms with Crippen molar-refractivity contribution in [1.29, 1.82) is 0 Å². The van der Waals surface area contributed by atoms with Gasteiger partial charge >= 0.3 is 12.0 Å². The zero-order valence-corrected chi connectivity index (χ0v) is 12.5. The number of esters is 1. The topological polar surface area (TPSA) is 84.9 Å². The van der Waals surface area contributed by atoms with Gasteiger partial charge in [-0.25, -0.2) is 4.79 Å². The van der Waals surface area contributed by atoms with Crippen molar-refractivity contribution in [2.75, 3.05) is 7.11 Å². The normalized spacial score (nSPS) is 29.0. The summed E-state index contributed by atoms with van der Waals surface area (Å²) in [5.74, 6) is -1.32. The van der Waals surface area contributed by atoms with Crippen molar-refractivity contribution in [1.82, 2.24) is 10.2 Å². The van der Waals surface area contributed by atoms with E-state index < -0.39 is 35.6 Å². The van der Waals surface area contributed by atoms with Crippen LogP contribution >= 0.6 is 0 Å². The molecule has 1 aromatic rings. The number of hydrogen-bond acceptors (Lipinski definition) is 5. The number of imide groups is 1. The summed E-state index contributed by atoms with van der Waals surface area (Å²) in [6.45, 7) is 2.89. The van der Waals surface area contributed by atoms with Crippen LogP contribution in [0.2, 0.25) is 0 Å². The van der Waals surface area contributed by atoms with Gasteiger partial charge in [-0.3, -0.25) is 19.8 Å². The summed E-state index contributed by atoms with van der Waals surface area (Å²) in [5.41, 5.74) is -0.657. The summed E-state index contributed by atoms with van der Waals surface area (Å²) in [4.78, 5) is 37.6. The average Bonchev–Trinajstić information content (AvgIpc) is 2.44. The van der Waals surface area contributed by atoms with Crippen LogP contribution in [-0.4, -0.2) is 35.6 Å². The minimum Gasteiger partial charge on any atom is -0.469 e. The largest absolute Gasteiger partial charge is 0.469 e. The predicted octanol–water partition coefficient (Wildman–Crippen LogP) is 1.20. The van der Waals surface area contributed by atoms with Crippen molar-refractivity contribution in [3.05, 3.63) is 29.8 Å². The highest BCUT2D eigenvalue weighted by Crippen LogP contribution is 2.48. The number of carbonyl (C=O) groups is 3. The molecule has 2 heterocycles. The molecule has 22 heavy (non-hydrogen) atoms. The number of ether oxygens (including phenoxy) is 2. The Labute approximate surface area is 127 Å². The molecule has 2 aliphatic rings. The average molecular weight is 304 g/mol. The molecule has 0 radical (unpaired) electrons. The fourth-order valence-corrected chi connectivity index (χ4v) is 3.20. The minimum atomic E-state index is -1.27. The fourth-order valence-electron chi connectivity index (χ4n) is 3.20. The number of rotatable bonds is 1. The second-order valence-corrected chi connectivity index (χ2v) is 5.51. The van der Waals surface area contributed by atoms with E-state index >= 15 is 0 Å². The molecular formula is C15H16N2O5. The lowest BCUT2D eigenvalue weighted by atomic mass is 9.79. The molecule has 1 fully saturated rings. The van der Waals surface area contributed by atoms with Gasteiger partial charge in [0.2, 0.25) is 5.91 Å². The third kappa shape index (κ3) is 1.85. The number of para-hydroxylation sites is 1. The molecule has 1 aromatic carbocycles. The number of amides is 3. The molecule has 0 unspecified atom stereocenters. The maximum absolute atomic E-state index is 12.3. The van der Waals surface area contributed by atoms with Crippen LogP contribution in [0.25, 0.3) is 0 Å². The quantitative estimate of drug-likeness (QED) is 0.788. The van der Waals surface area contributed by atoms with E-state index in [4.69, 9.17) is 9.47 Å². The molecule has 0 spiro atoms. The second-order valence-electron chi connectivity index (χ2n) is 5.51. The highest BCUT2D eigenvalue weighted by Gasteiger charge is 2.60. The zero-order chi connectivity index (χ0) is 16.1. The lowest BCUT2D eigenvalue weighted by Gasteiger charge is -2.52. The molecule has 0 aliphatic carbocycles. The van der Waals surface area contributed by atoms with E-state index in [2.05, 4.69) is 5.32 Å². The summed E-state index contributed by atoms with van der Waals surface area (Å²) >= 11 is 0. The van der Waals surface area contributed by atoms with Crippen LogP contribution < -0.4 is 10.1 Å². The summed E-state index contributed by atoms with van der Waals surface area (Å²) < 4.78 is 10.7. The Hall–Kier alpha value is -2.57. The Morgan fingerprint density at radius 1 is 1.36 bits per heavy atom. The van der Waals surface area contributed by atoms with Gasteiger partial charge in [-0.1, -0.05) is 18.2 Å². The van der Waals surface area contributed by atoms with Crippen molar-refractivity contribution in [3.63, 3.8) is 0 Å². The number of nitrogens with zero attached hydrogens (tertiary/aromatic N) is 1. The van der Waals surface area contributed by atoms with Crippen LogP contribution in [-0.2, 0) is 14.3 Å². The molecule has 0 aromatic heterocycles. The second kappa shape index (κ2) is 4.72. The van der Waals surface area contributed by atoms with E-state index in [0.29, 0.717) is 11.3 Å². The van der Waals surface area contributed by atoms with E-state index in [0.717, 1.165) is 4.90 Å². The van der Waals surface area contributed by atoms with E-state index in [1.54, 1.807) is 31.2 Å². The number of hydrogen-bond donors (Lipinski definition) is 1. The van der Waals surface area contributed by atoms with Gasteiger partial charge in [0.1, 0.15) is 11.7 Å². The highest BCUT2D eigenvalue weighted by atomic mass is 16.5. The lowest BCUT2D eigenvalue weighted by Crippen LogP contribution is -2.71. The van der Waals surface area contributed by atoms with Crippen molar-refractivity contribution in [3.8, 4) is 5.75 Å². The van der Waals surface area contributed by atoms with Crippen LogP contribution in [0.15, 0.2) is 24.3 Å². The van der Waals surface area contributed by atoms with Crippen LogP contribution in [0.1, 0.15) is 25.5 Å². The lowest BCUT2D eigenvalue weighted by molar-refractivity contribution is -0.167. The SMILES string of the molecule is COC(=O)[C@H]1[C@@H]2c3ccccc3O[C@@]1(C)NC(=O)N2C(C)=O. The van der Waals surface area contributed by atoms with Crippen LogP contribution in [0.4, 0.5) is 4.79 Å². The number of urea groups is 1. The molecule has 1 N–H and O–H groups in total. The first-order valence-corrected chi connectivity index (χ1v) is 6.87.